The van der Waals surface area contributed by atoms with Crippen molar-refractivity contribution in [3.8, 4) is 5.75 Å². The van der Waals surface area contributed by atoms with Crippen molar-refractivity contribution in [2.24, 2.45) is 0 Å². The Morgan fingerprint density at radius 1 is 1.10 bits per heavy atom. The molecule has 0 aliphatic heterocycles. The maximum absolute atomic E-state index is 5.92. The fourth-order valence-corrected chi connectivity index (χ4v) is 1.91. The van der Waals surface area contributed by atoms with E-state index in [1.165, 1.54) is 27.5 Å². The van der Waals surface area contributed by atoms with Gasteiger partial charge in [-0.05, 0) is 6.42 Å². The zero-order chi connectivity index (χ0) is 16.7. The summed E-state index contributed by atoms with van der Waals surface area (Å²) in [5.41, 5.74) is 2.81. The molecule has 1 nitrogen and oxygen atoms in total. The molecule has 116 valence electrons. The molecule has 1 aromatic carbocycles. The molecule has 0 unspecified atom stereocenters. The minimum absolute atomic E-state index is 0.0826. The molecule has 0 saturated heterocycles. The number of ether oxygens (including phenoxy) is 1. The van der Waals surface area contributed by atoms with Crippen molar-refractivity contribution in [1.29, 1.82) is 0 Å². The molecule has 0 N–H and O–H groups in total. The van der Waals surface area contributed by atoms with Gasteiger partial charge in [-0.2, -0.15) is 17.7 Å². The maximum atomic E-state index is 5.92. The third-order valence-corrected chi connectivity index (χ3v) is 3.32. The predicted octanol–water partition coefficient (Wildman–Crippen LogP) is 6.10. The summed E-state index contributed by atoms with van der Waals surface area (Å²) in [5.74, 6) is 0.925. The fraction of sp³-hybridized carbons (Fsp3) is 0.667. The van der Waals surface area contributed by atoms with Gasteiger partial charge in [-0.25, -0.2) is 0 Å². The van der Waals surface area contributed by atoms with Crippen LogP contribution in [0.4, 0.5) is 0 Å². The Morgan fingerprint density at radius 2 is 1.67 bits per heavy atom. The van der Waals surface area contributed by atoms with E-state index in [0.717, 1.165) is 25.2 Å². The summed E-state index contributed by atoms with van der Waals surface area (Å²) in [6, 6.07) is 7.72. The van der Waals surface area contributed by atoms with E-state index in [1.54, 1.807) is 0 Å². The van der Waals surface area contributed by atoms with Gasteiger partial charge in [0.1, 0.15) is 0 Å². The first-order valence-corrected chi connectivity index (χ1v) is 14.6. The molecule has 3 heteroatoms. The summed E-state index contributed by atoms with van der Waals surface area (Å²) in [6.07, 6.45) is 2.25. The average molecular weight is 407 g/mol. The van der Waals surface area contributed by atoms with Crippen LogP contribution < -0.4 is 4.74 Å². The van der Waals surface area contributed by atoms with Gasteiger partial charge in [0.05, 0.1) is 6.61 Å². The van der Waals surface area contributed by atoms with Gasteiger partial charge in [-0.1, -0.05) is 65.7 Å². The first-order valence-electron chi connectivity index (χ1n) is 7.62. The van der Waals surface area contributed by atoms with Crippen molar-refractivity contribution >= 4 is 13.6 Å². The zero-order valence-electron chi connectivity index (χ0n) is 14.8. The summed E-state index contributed by atoms with van der Waals surface area (Å²) in [7, 11) is 0. The predicted molar refractivity (Wildman–Crippen MR) is 92.0 cm³/mol. The van der Waals surface area contributed by atoms with Crippen molar-refractivity contribution in [1.82, 2.24) is 0 Å². The molecule has 0 amide bonds. The molecule has 1 aromatic rings. The van der Waals surface area contributed by atoms with Crippen LogP contribution in [0.1, 0.15) is 72.4 Å². The Balaban J connectivity index is 0.00000191. The summed E-state index contributed by atoms with van der Waals surface area (Å²) in [6.45, 7) is 16.4. The normalized spacial score (nSPS) is 11.7. The number of hydrogen-bond donors (Lipinski definition) is 0. The standard InChI is InChI=1S/C18H29O.BrH.Zn/c1-8-9-12-19-16-11-10-14(17(2,3)4)13-15(16)18(5,6)7;;/h10,13H,8-9,12H2,1-7H3;1H;/q-1;;+2/p-1. The molecule has 0 saturated carbocycles. The molecular weight excluding hydrogens is 377 g/mol. The summed E-state index contributed by atoms with van der Waals surface area (Å²) in [4.78, 5) is 0. The van der Waals surface area contributed by atoms with Crippen LogP contribution in [0.5, 0.6) is 5.75 Å². The van der Waals surface area contributed by atoms with Crippen molar-refractivity contribution in [3.63, 3.8) is 0 Å². The Bertz CT molecular complexity index is 416. The number of benzene rings is 1. The van der Waals surface area contributed by atoms with E-state index in [-0.39, 0.29) is 10.8 Å². The Hall–Kier alpha value is 0.123. The van der Waals surface area contributed by atoms with Gasteiger partial charge in [0, 0.05) is 5.75 Å². The van der Waals surface area contributed by atoms with E-state index in [9.17, 15) is 0 Å². The monoisotopic (exact) mass is 404 g/mol. The van der Waals surface area contributed by atoms with Crippen molar-refractivity contribution in [2.75, 3.05) is 6.61 Å². The fourth-order valence-electron chi connectivity index (χ4n) is 1.91. The second-order valence-corrected chi connectivity index (χ2v) is 7.33. The number of rotatable bonds is 4. The topological polar surface area (TPSA) is 9.23 Å². The van der Waals surface area contributed by atoms with Gasteiger partial charge < -0.3 is 4.74 Å². The molecule has 0 atom stereocenters. The molecule has 0 aliphatic rings. The third kappa shape index (κ3) is 7.28. The number of unbranched alkanes of at least 4 members (excludes halogenated alkanes) is 1. The van der Waals surface area contributed by atoms with Crippen LogP contribution in [0.15, 0.2) is 12.1 Å². The first-order chi connectivity index (χ1) is 9.66. The van der Waals surface area contributed by atoms with E-state index in [4.69, 9.17) is 4.74 Å². The average Bonchev–Trinajstić information content (AvgIpc) is 2.39. The molecular formula is C18H29BrOZn. The molecule has 0 spiro atoms. The first kappa shape index (κ1) is 21.1. The Kier molecular flexibility index (Phi) is 9.36. The van der Waals surface area contributed by atoms with Gasteiger partial charge >= 0.3 is 30.0 Å². The number of halogens is 1. The SMILES string of the molecule is CCCCOc1[c-]cc(C(C)(C)C)cc1C(C)(C)C.[Zn+][Br]. The van der Waals surface area contributed by atoms with Crippen LogP contribution in [-0.2, 0) is 27.2 Å². The Labute approximate surface area is 148 Å². The van der Waals surface area contributed by atoms with Crippen LogP contribution in [0.3, 0.4) is 0 Å². The van der Waals surface area contributed by atoms with Crippen LogP contribution in [0, 0.1) is 6.07 Å². The zero-order valence-corrected chi connectivity index (χ0v) is 19.3. The molecule has 0 bridgehead atoms. The summed E-state index contributed by atoms with van der Waals surface area (Å²) in [5, 5.41) is 0. The van der Waals surface area contributed by atoms with E-state index >= 15 is 0 Å². The molecule has 0 fully saturated rings. The van der Waals surface area contributed by atoms with Gasteiger partial charge in [0.25, 0.3) is 0 Å². The van der Waals surface area contributed by atoms with Crippen LogP contribution >= 0.6 is 13.6 Å². The molecule has 0 heterocycles. The summed E-state index contributed by atoms with van der Waals surface area (Å²) >= 11 is 4.25. The summed E-state index contributed by atoms with van der Waals surface area (Å²) < 4.78 is 5.92. The third-order valence-electron chi connectivity index (χ3n) is 3.32. The van der Waals surface area contributed by atoms with E-state index < -0.39 is 0 Å². The second kappa shape index (κ2) is 9.30. The van der Waals surface area contributed by atoms with Crippen LogP contribution in [0.25, 0.3) is 0 Å². The number of hydrogen-bond acceptors (Lipinski definition) is 1. The second-order valence-electron chi connectivity index (χ2n) is 7.33. The molecule has 0 aliphatic carbocycles. The Morgan fingerprint density at radius 3 is 2.10 bits per heavy atom. The quantitative estimate of drug-likeness (QED) is 0.333. The van der Waals surface area contributed by atoms with E-state index in [0.29, 0.717) is 0 Å². The van der Waals surface area contributed by atoms with Crippen molar-refractivity contribution in [3.05, 3.63) is 29.3 Å². The van der Waals surface area contributed by atoms with Gasteiger partial charge in [0.15, 0.2) is 0 Å². The molecule has 21 heavy (non-hydrogen) atoms. The molecule has 0 aromatic heterocycles. The van der Waals surface area contributed by atoms with Crippen LogP contribution in [-0.4, -0.2) is 6.61 Å². The van der Waals surface area contributed by atoms with E-state index in [1.807, 2.05) is 0 Å². The van der Waals surface area contributed by atoms with Crippen LogP contribution in [0.2, 0.25) is 0 Å². The van der Waals surface area contributed by atoms with Crippen molar-refractivity contribution < 1.29 is 21.1 Å². The molecule has 1 rings (SSSR count). The van der Waals surface area contributed by atoms with Gasteiger partial charge in [-0.3, -0.25) is 0 Å². The van der Waals surface area contributed by atoms with E-state index in [2.05, 4.69) is 80.3 Å². The van der Waals surface area contributed by atoms with Crippen molar-refractivity contribution in [2.45, 2.75) is 72.1 Å². The molecule has 0 radical (unpaired) electrons. The van der Waals surface area contributed by atoms with Gasteiger partial charge in [0.2, 0.25) is 0 Å². The minimum atomic E-state index is 0.0826. The van der Waals surface area contributed by atoms with Gasteiger partial charge in [-0.15, -0.1) is 11.6 Å².